The third-order valence-corrected chi connectivity index (χ3v) is 3.44. The highest BCUT2D eigenvalue weighted by molar-refractivity contribution is 7.09. The van der Waals surface area contributed by atoms with Crippen LogP contribution in [0.4, 0.5) is 0 Å². The van der Waals surface area contributed by atoms with Crippen molar-refractivity contribution in [1.29, 1.82) is 0 Å². The first kappa shape index (κ1) is 13.3. The van der Waals surface area contributed by atoms with Gasteiger partial charge in [0.05, 0.1) is 10.0 Å². The molecule has 3 nitrogen and oxygen atoms in total. The van der Waals surface area contributed by atoms with Crippen molar-refractivity contribution in [2.45, 2.75) is 26.2 Å². The van der Waals surface area contributed by atoms with E-state index in [0.29, 0.717) is 6.42 Å². The second-order valence-corrected chi connectivity index (χ2v) is 5.03. The average Bonchev–Trinajstić information content (AvgIpc) is 2.92. The fourth-order valence-electron chi connectivity index (χ4n) is 1.06. The largest absolute Gasteiger partial charge is 0.396 e. The first-order valence-corrected chi connectivity index (χ1v) is 7.00. The number of hydrogen-bond donors (Lipinski definition) is 1. The highest BCUT2D eigenvalue weighted by Crippen LogP contribution is 2.05. The molecule has 0 aliphatic heterocycles. The second-order valence-electron chi connectivity index (χ2n) is 3.08. The van der Waals surface area contributed by atoms with E-state index in [1.54, 1.807) is 28.9 Å². The highest BCUT2D eigenvalue weighted by atomic mass is 32.1. The highest BCUT2D eigenvalue weighted by Gasteiger charge is 1.90. The molecule has 0 aromatic carbocycles. The van der Waals surface area contributed by atoms with Crippen LogP contribution >= 0.6 is 22.7 Å². The normalized spacial score (nSPS) is 9.62. The van der Waals surface area contributed by atoms with Crippen LogP contribution in [0.15, 0.2) is 23.2 Å². The van der Waals surface area contributed by atoms with Crippen LogP contribution in [0.2, 0.25) is 0 Å². The maximum absolute atomic E-state index is 8.40. The topological polar surface area (TPSA) is 46.0 Å². The van der Waals surface area contributed by atoms with Crippen LogP contribution in [-0.2, 0) is 12.8 Å². The Morgan fingerprint density at radius 2 is 1.62 bits per heavy atom. The Kier molecular flexibility index (Phi) is 6.96. The van der Waals surface area contributed by atoms with E-state index >= 15 is 0 Å². The van der Waals surface area contributed by atoms with Crippen molar-refractivity contribution >= 4 is 22.7 Å². The Morgan fingerprint density at radius 3 is 2.00 bits per heavy atom. The SMILES string of the molecule is CCCc1nccs1.OCCc1nccs1. The molecule has 1 N–H and O–H groups in total. The van der Waals surface area contributed by atoms with E-state index in [4.69, 9.17) is 5.11 Å². The molecular weight excluding hydrogens is 240 g/mol. The van der Waals surface area contributed by atoms with Gasteiger partial charge >= 0.3 is 0 Å². The Bertz CT molecular complexity index is 310. The van der Waals surface area contributed by atoms with Crippen molar-refractivity contribution in [2.24, 2.45) is 0 Å². The summed E-state index contributed by atoms with van der Waals surface area (Å²) in [5, 5.41) is 14.6. The summed E-state index contributed by atoms with van der Waals surface area (Å²) in [6.07, 6.45) is 6.63. The number of hydrogen-bond acceptors (Lipinski definition) is 5. The van der Waals surface area contributed by atoms with Gasteiger partial charge in [-0.25, -0.2) is 9.97 Å². The second kappa shape index (κ2) is 8.38. The predicted octanol–water partition coefficient (Wildman–Crippen LogP) is 2.77. The van der Waals surface area contributed by atoms with Gasteiger partial charge in [-0.1, -0.05) is 6.92 Å². The number of thiazole rings is 2. The van der Waals surface area contributed by atoms with Crippen LogP contribution in [0.5, 0.6) is 0 Å². The van der Waals surface area contributed by atoms with Gasteiger partial charge in [-0.15, -0.1) is 22.7 Å². The van der Waals surface area contributed by atoms with Gasteiger partial charge in [0.1, 0.15) is 0 Å². The minimum Gasteiger partial charge on any atom is -0.396 e. The number of aliphatic hydroxyl groups is 1. The van der Waals surface area contributed by atoms with Gasteiger partial charge in [0.15, 0.2) is 0 Å². The quantitative estimate of drug-likeness (QED) is 0.915. The Hall–Kier alpha value is -0.780. The minimum absolute atomic E-state index is 0.202. The molecule has 2 rings (SSSR count). The lowest BCUT2D eigenvalue weighted by atomic mass is 10.4. The van der Waals surface area contributed by atoms with Crippen LogP contribution < -0.4 is 0 Å². The summed E-state index contributed by atoms with van der Waals surface area (Å²) in [6, 6.07) is 0. The Morgan fingerprint density at radius 1 is 1.06 bits per heavy atom. The van der Waals surface area contributed by atoms with Crippen LogP contribution in [0.25, 0.3) is 0 Å². The molecule has 0 saturated carbocycles. The van der Waals surface area contributed by atoms with Crippen molar-refractivity contribution in [3.63, 3.8) is 0 Å². The zero-order chi connectivity index (χ0) is 11.6. The molecule has 2 aromatic heterocycles. The number of aliphatic hydroxyl groups excluding tert-OH is 1. The van der Waals surface area contributed by atoms with Crippen molar-refractivity contribution in [2.75, 3.05) is 6.61 Å². The fraction of sp³-hybridized carbons (Fsp3) is 0.455. The predicted molar refractivity (Wildman–Crippen MR) is 69.0 cm³/mol. The fourth-order valence-corrected chi connectivity index (χ4v) is 2.39. The Balaban J connectivity index is 0.000000160. The van der Waals surface area contributed by atoms with Crippen molar-refractivity contribution in [3.8, 4) is 0 Å². The zero-order valence-electron chi connectivity index (χ0n) is 9.30. The van der Waals surface area contributed by atoms with Crippen molar-refractivity contribution < 1.29 is 5.11 Å². The summed E-state index contributed by atoms with van der Waals surface area (Å²) in [5.41, 5.74) is 0. The molecule has 2 aromatic rings. The summed E-state index contributed by atoms with van der Waals surface area (Å²) in [6.45, 7) is 2.37. The first-order valence-electron chi connectivity index (χ1n) is 5.24. The maximum atomic E-state index is 8.40. The van der Waals surface area contributed by atoms with Gasteiger partial charge < -0.3 is 5.11 Å². The molecule has 0 bridgehead atoms. The number of aryl methyl sites for hydroxylation is 1. The molecule has 16 heavy (non-hydrogen) atoms. The monoisotopic (exact) mass is 256 g/mol. The smallest absolute Gasteiger partial charge is 0.0947 e. The summed E-state index contributed by atoms with van der Waals surface area (Å²) in [5.74, 6) is 0. The lowest BCUT2D eigenvalue weighted by molar-refractivity contribution is 0.299. The molecule has 0 aliphatic carbocycles. The number of nitrogens with zero attached hydrogens (tertiary/aromatic N) is 2. The molecule has 2 heterocycles. The number of rotatable bonds is 4. The molecule has 0 amide bonds. The van der Waals surface area contributed by atoms with Crippen molar-refractivity contribution in [1.82, 2.24) is 9.97 Å². The number of aromatic nitrogens is 2. The van der Waals surface area contributed by atoms with Crippen LogP contribution in [0, 0.1) is 0 Å². The molecule has 0 fully saturated rings. The molecule has 5 heteroatoms. The Labute approximate surface area is 104 Å². The third kappa shape index (κ3) is 5.34. The zero-order valence-corrected chi connectivity index (χ0v) is 10.9. The molecule has 0 unspecified atom stereocenters. The summed E-state index contributed by atoms with van der Waals surface area (Å²) < 4.78 is 0. The molecule has 0 spiro atoms. The summed E-state index contributed by atoms with van der Waals surface area (Å²) in [4.78, 5) is 8.09. The lowest BCUT2D eigenvalue weighted by Crippen LogP contribution is -1.87. The molecule has 88 valence electrons. The van der Waals surface area contributed by atoms with Gasteiger partial charge in [-0.05, 0) is 12.8 Å². The van der Waals surface area contributed by atoms with E-state index in [0.717, 1.165) is 11.4 Å². The first-order chi connectivity index (χ1) is 7.86. The average molecular weight is 256 g/mol. The van der Waals surface area contributed by atoms with Crippen molar-refractivity contribution in [3.05, 3.63) is 33.2 Å². The van der Waals surface area contributed by atoms with E-state index < -0.39 is 0 Å². The van der Waals surface area contributed by atoms with Gasteiger partial charge in [0.2, 0.25) is 0 Å². The van der Waals surface area contributed by atoms with Gasteiger partial charge in [-0.3, -0.25) is 0 Å². The molecule has 0 radical (unpaired) electrons. The third-order valence-electron chi connectivity index (χ3n) is 1.76. The lowest BCUT2D eigenvalue weighted by Gasteiger charge is -1.84. The van der Waals surface area contributed by atoms with Gasteiger partial charge in [-0.2, -0.15) is 0 Å². The minimum atomic E-state index is 0.202. The maximum Gasteiger partial charge on any atom is 0.0947 e. The van der Waals surface area contributed by atoms with E-state index in [2.05, 4.69) is 16.9 Å². The van der Waals surface area contributed by atoms with E-state index in [1.807, 2.05) is 17.0 Å². The summed E-state index contributed by atoms with van der Waals surface area (Å²) >= 11 is 3.31. The molecular formula is C11H16N2OS2. The van der Waals surface area contributed by atoms with E-state index in [9.17, 15) is 0 Å². The molecule has 0 atom stereocenters. The van der Waals surface area contributed by atoms with Crippen LogP contribution in [-0.4, -0.2) is 21.7 Å². The standard InChI is InChI=1S/C6H9NS.C5H7NOS/c1-2-3-6-7-4-5-8-6;7-3-1-5-6-2-4-8-5/h4-5H,2-3H2,1H3;2,4,7H,1,3H2. The molecule has 0 aliphatic rings. The van der Waals surface area contributed by atoms with Gasteiger partial charge in [0, 0.05) is 36.2 Å². The van der Waals surface area contributed by atoms with E-state index in [-0.39, 0.29) is 6.61 Å². The van der Waals surface area contributed by atoms with E-state index in [1.165, 1.54) is 11.4 Å². The molecule has 0 saturated heterocycles. The van der Waals surface area contributed by atoms with Gasteiger partial charge in [0.25, 0.3) is 0 Å². The van der Waals surface area contributed by atoms with Crippen LogP contribution in [0.1, 0.15) is 23.4 Å². The summed E-state index contributed by atoms with van der Waals surface area (Å²) in [7, 11) is 0. The van der Waals surface area contributed by atoms with Crippen LogP contribution in [0.3, 0.4) is 0 Å².